The molecule has 2 amide bonds. The lowest BCUT2D eigenvalue weighted by Crippen LogP contribution is -2.55. The zero-order valence-corrected chi connectivity index (χ0v) is 15.1. The number of unbranched alkanes of at least 4 members (excludes halogenated alkanes) is 1. The zero-order valence-electron chi connectivity index (χ0n) is 15.1. The molecule has 1 radical (unpaired) electrons. The van der Waals surface area contributed by atoms with Crippen molar-refractivity contribution in [3.63, 3.8) is 0 Å². The van der Waals surface area contributed by atoms with Crippen molar-refractivity contribution in [1.82, 2.24) is 10.6 Å². The maximum atomic E-state index is 12.4. The predicted octanol–water partition coefficient (Wildman–Crippen LogP) is 1.43. The number of nitrogens with one attached hydrogen (secondary N) is 2. The number of amides is 2. The number of carbonyl (C=O) groups excluding carboxylic acids is 3. The Hall–Kier alpha value is -1.43. The molecule has 0 bridgehead atoms. The van der Waals surface area contributed by atoms with Crippen LogP contribution in [0.3, 0.4) is 0 Å². The molecule has 0 aliphatic carbocycles. The van der Waals surface area contributed by atoms with Gasteiger partial charge in [0.05, 0.1) is 6.04 Å². The third-order valence-electron chi connectivity index (χ3n) is 3.69. The highest BCUT2D eigenvalue weighted by molar-refractivity contribution is 5.90. The first kappa shape index (κ1) is 21.6. The lowest BCUT2D eigenvalue weighted by Gasteiger charge is -2.28. The first-order valence-corrected chi connectivity index (χ1v) is 8.41. The van der Waals surface area contributed by atoms with E-state index in [9.17, 15) is 14.4 Å². The summed E-state index contributed by atoms with van der Waals surface area (Å²) in [6.45, 7) is 9.50. The molecule has 0 aliphatic heterocycles. The fraction of sp³-hybridized carbons (Fsp3) is 0.824. The van der Waals surface area contributed by atoms with E-state index in [0.29, 0.717) is 12.8 Å². The van der Waals surface area contributed by atoms with E-state index in [1.54, 1.807) is 0 Å². The van der Waals surface area contributed by atoms with Crippen LogP contribution in [-0.4, -0.2) is 36.2 Å². The van der Waals surface area contributed by atoms with Crippen molar-refractivity contribution >= 4 is 18.1 Å². The molecule has 23 heavy (non-hydrogen) atoms. The Morgan fingerprint density at radius 3 is 2.09 bits per heavy atom. The average Bonchev–Trinajstić information content (AvgIpc) is 2.47. The van der Waals surface area contributed by atoms with Crippen molar-refractivity contribution < 1.29 is 14.4 Å². The molecule has 0 aromatic heterocycles. The molecule has 0 rings (SSSR count). The third kappa shape index (κ3) is 8.11. The molecular formula is C17H32N3O3. The summed E-state index contributed by atoms with van der Waals surface area (Å²) in [5, 5.41) is 5.39. The van der Waals surface area contributed by atoms with Crippen molar-refractivity contribution in [3.05, 3.63) is 0 Å². The molecule has 6 heteroatoms. The molecule has 0 spiro atoms. The second-order valence-electron chi connectivity index (χ2n) is 7.02. The quantitative estimate of drug-likeness (QED) is 0.565. The number of hydrogen-bond donors (Lipinski definition) is 3. The van der Waals surface area contributed by atoms with Crippen LogP contribution in [0.2, 0.25) is 0 Å². The molecule has 0 unspecified atom stereocenters. The SMILES string of the molecule is CCCC[C@H](NC(=O)[C@@H](N)CCC)C(=O)N[C@H]([C]=O)C(C)(C)C. The minimum Gasteiger partial charge on any atom is -0.343 e. The van der Waals surface area contributed by atoms with Crippen LogP contribution < -0.4 is 16.4 Å². The highest BCUT2D eigenvalue weighted by Gasteiger charge is 2.30. The lowest BCUT2D eigenvalue weighted by atomic mass is 9.87. The second kappa shape index (κ2) is 10.4. The van der Waals surface area contributed by atoms with Gasteiger partial charge in [0, 0.05) is 0 Å². The largest absolute Gasteiger partial charge is 0.343 e. The first-order valence-electron chi connectivity index (χ1n) is 8.41. The molecule has 0 saturated heterocycles. The molecule has 0 saturated carbocycles. The van der Waals surface area contributed by atoms with Gasteiger partial charge in [-0.05, 0) is 18.3 Å². The maximum Gasteiger partial charge on any atom is 0.243 e. The van der Waals surface area contributed by atoms with E-state index >= 15 is 0 Å². The Labute approximate surface area is 140 Å². The molecule has 4 N–H and O–H groups in total. The zero-order chi connectivity index (χ0) is 18.0. The van der Waals surface area contributed by atoms with E-state index in [4.69, 9.17) is 5.73 Å². The minimum absolute atomic E-state index is 0.328. The van der Waals surface area contributed by atoms with Crippen LogP contribution in [-0.2, 0) is 14.4 Å². The Kier molecular flexibility index (Phi) is 9.72. The van der Waals surface area contributed by atoms with Gasteiger partial charge in [-0.1, -0.05) is 53.9 Å². The van der Waals surface area contributed by atoms with Crippen LogP contribution in [0.1, 0.15) is 66.7 Å². The van der Waals surface area contributed by atoms with E-state index < -0.39 is 23.5 Å². The van der Waals surface area contributed by atoms with Crippen LogP contribution in [0.25, 0.3) is 0 Å². The van der Waals surface area contributed by atoms with Gasteiger partial charge in [0.25, 0.3) is 0 Å². The molecule has 133 valence electrons. The maximum absolute atomic E-state index is 12.4. The fourth-order valence-corrected chi connectivity index (χ4v) is 2.06. The van der Waals surface area contributed by atoms with Gasteiger partial charge in [0.15, 0.2) is 0 Å². The summed E-state index contributed by atoms with van der Waals surface area (Å²) in [4.78, 5) is 35.6. The summed E-state index contributed by atoms with van der Waals surface area (Å²) in [6.07, 6.45) is 5.45. The normalized spacial score (nSPS) is 15.4. The number of hydrogen-bond acceptors (Lipinski definition) is 4. The van der Waals surface area contributed by atoms with E-state index in [1.165, 1.54) is 0 Å². The van der Waals surface area contributed by atoms with Gasteiger partial charge >= 0.3 is 0 Å². The van der Waals surface area contributed by atoms with Crippen LogP contribution >= 0.6 is 0 Å². The molecular weight excluding hydrogens is 294 g/mol. The van der Waals surface area contributed by atoms with Crippen LogP contribution in [0.5, 0.6) is 0 Å². The summed E-state index contributed by atoms with van der Waals surface area (Å²) in [5.41, 5.74) is 5.36. The van der Waals surface area contributed by atoms with E-state index in [-0.39, 0.29) is 11.8 Å². The van der Waals surface area contributed by atoms with Crippen molar-refractivity contribution in [2.75, 3.05) is 0 Å². The monoisotopic (exact) mass is 326 g/mol. The van der Waals surface area contributed by atoms with E-state index in [0.717, 1.165) is 19.3 Å². The third-order valence-corrected chi connectivity index (χ3v) is 3.69. The van der Waals surface area contributed by atoms with E-state index in [2.05, 4.69) is 10.6 Å². The molecule has 3 atom stereocenters. The standard InChI is InChI=1S/C17H32N3O3/c1-6-8-10-13(19-15(22)12(18)9-7-2)16(23)20-14(11-21)17(3,4)5/h12-14H,6-10,18H2,1-5H3,(H,19,22)(H,20,23)/t12-,13-,14+/m0/s1. The Bertz CT molecular complexity index is 391. The number of rotatable bonds is 10. The van der Waals surface area contributed by atoms with Crippen molar-refractivity contribution in [2.24, 2.45) is 11.1 Å². The van der Waals surface area contributed by atoms with Crippen molar-refractivity contribution in [3.8, 4) is 0 Å². The molecule has 0 fully saturated rings. The molecule has 0 aromatic rings. The Morgan fingerprint density at radius 1 is 1.04 bits per heavy atom. The van der Waals surface area contributed by atoms with Gasteiger partial charge in [-0.3, -0.25) is 14.4 Å². The van der Waals surface area contributed by atoms with Gasteiger partial charge in [0.2, 0.25) is 18.1 Å². The molecule has 0 aromatic carbocycles. The van der Waals surface area contributed by atoms with Gasteiger partial charge in [0.1, 0.15) is 12.1 Å². The predicted molar refractivity (Wildman–Crippen MR) is 91.4 cm³/mol. The Balaban J connectivity index is 4.90. The van der Waals surface area contributed by atoms with Crippen LogP contribution in [0, 0.1) is 5.41 Å². The van der Waals surface area contributed by atoms with Gasteiger partial charge in [-0.2, -0.15) is 0 Å². The minimum atomic E-state index is -0.722. The summed E-state index contributed by atoms with van der Waals surface area (Å²) < 4.78 is 0. The van der Waals surface area contributed by atoms with Crippen LogP contribution in [0.15, 0.2) is 0 Å². The van der Waals surface area contributed by atoms with Gasteiger partial charge in [-0.25, -0.2) is 0 Å². The van der Waals surface area contributed by atoms with Gasteiger partial charge in [-0.15, -0.1) is 0 Å². The molecule has 0 aliphatic rings. The van der Waals surface area contributed by atoms with Crippen LogP contribution in [0.4, 0.5) is 0 Å². The number of nitrogens with two attached hydrogens (primary N) is 1. The van der Waals surface area contributed by atoms with E-state index in [1.807, 2.05) is 40.9 Å². The summed E-state index contributed by atoms with van der Waals surface area (Å²) in [5.74, 6) is -0.690. The lowest BCUT2D eigenvalue weighted by molar-refractivity contribution is -0.130. The molecule has 6 nitrogen and oxygen atoms in total. The second-order valence-corrected chi connectivity index (χ2v) is 7.02. The highest BCUT2D eigenvalue weighted by atomic mass is 16.2. The fourth-order valence-electron chi connectivity index (χ4n) is 2.06. The highest BCUT2D eigenvalue weighted by Crippen LogP contribution is 2.18. The average molecular weight is 326 g/mol. The number of carbonyl (C=O) groups is 2. The summed E-state index contributed by atoms with van der Waals surface area (Å²) in [7, 11) is 0. The van der Waals surface area contributed by atoms with Crippen molar-refractivity contribution in [2.45, 2.75) is 84.8 Å². The Morgan fingerprint density at radius 2 is 1.65 bits per heavy atom. The summed E-state index contributed by atoms with van der Waals surface area (Å²) >= 11 is 0. The summed E-state index contributed by atoms with van der Waals surface area (Å²) in [6, 6.07) is -2.02. The van der Waals surface area contributed by atoms with Gasteiger partial charge < -0.3 is 16.4 Å². The topological polar surface area (TPSA) is 101 Å². The van der Waals surface area contributed by atoms with Crippen molar-refractivity contribution in [1.29, 1.82) is 0 Å². The smallest absolute Gasteiger partial charge is 0.243 e. The first-order chi connectivity index (χ1) is 10.7. The molecule has 0 heterocycles.